The van der Waals surface area contributed by atoms with Crippen LogP contribution < -0.4 is 0 Å². The lowest BCUT2D eigenvalue weighted by atomic mass is 9.62. The summed E-state index contributed by atoms with van der Waals surface area (Å²) < 4.78 is 0. The number of nitrogens with zero attached hydrogens (tertiary/aromatic N) is 4. The van der Waals surface area contributed by atoms with Crippen molar-refractivity contribution < 1.29 is 0 Å². The van der Waals surface area contributed by atoms with Gasteiger partial charge in [-0.05, 0) is 89.4 Å². The molecule has 1 aliphatic carbocycles. The van der Waals surface area contributed by atoms with E-state index in [4.69, 9.17) is 0 Å². The summed E-state index contributed by atoms with van der Waals surface area (Å²) in [4.78, 5) is 5.19. The van der Waals surface area contributed by atoms with E-state index in [9.17, 15) is 10.5 Å². The number of rotatable bonds is 7. The van der Waals surface area contributed by atoms with Crippen molar-refractivity contribution in [3.63, 3.8) is 0 Å². The summed E-state index contributed by atoms with van der Waals surface area (Å²) in [6.45, 7) is 25.8. The second-order valence-electron chi connectivity index (χ2n) is 14.4. The van der Waals surface area contributed by atoms with Crippen molar-refractivity contribution >= 4 is 0 Å². The van der Waals surface area contributed by atoms with Crippen LogP contribution in [0.25, 0.3) is 0 Å². The molecule has 0 N–H and O–H groups in total. The molecule has 0 aromatic rings. The fraction of sp³-hybridized carbons (Fsp3) is 0.933. The summed E-state index contributed by atoms with van der Waals surface area (Å²) in [5, 5.41) is 20.1. The first-order valence-electron chi connectivity index (χ1n) is 13.9. The first-order chi connectivity index (χ1) is 15.6. The van der Waals surface area contributed by atoms with Gasteiger partial charge in [0, 0.05) is 37.3 Å². The molecule has 194 valence electrons. The predicted molar refractivity (Wildman–Crippen MR) is 143 cm³/mol. The lowest BCUT2D eigenvalue weighted by Crippen LogP contribution is -2.54. The largest absolute Gasteiger partial charge is 0.298 e. The van der Waals surface area contributed by atoms with E-state index in [0.29, 0.717) is 17.5 Å². The molecule has 2 aliphatic rings. The van der Waals surface area contributed by atoms with Crippen LogP contribution in [0.2, 0.25) is 0 Å². The molecule has 4 heteroatoms. The third-order valence-corrected chi connectivity index (χ3v) is 9.54. The molecule has 0 aromatic heterocycles. The van der Waals surface area contributed by atoms with Crippen LogP contribution in [0.5, 0.6) is 0 Å². The molecule has 4 nitrogen and oxygen atoms in total. The van der Waals surface area contributed by atoms with Gasteiger partial charge in [0.25, 0.3) is 0 Å². The van der Waals surface area contributed by atoms with Gasteiger partial charge in [0.1, 0.15) is 0 Å². The van der Waals surface area contributed by atoms with E-state index in [1.807, 2.05) is 0 Å². The molecule has 0 amide bonds. The molecular formula is C30H54N4. The van der Waals surface area contributed by atoms with Crippen LogP contribution in [0.3, 0.4) is 0 Å². The minimum Gasteiger partial charge on any atom is -0.298 e. The molecule has 2 fully saturated rings. The normalized spacial score (nSPS) is 25.7. The van der Waals surface area contributed by atoms with Crippen LogP contribution in [-0.2, 0) is 0 Å². The fourth-order valence-electron chi connectivity index (χ4n) is 6.72. The lowest BCUT2D eigenvalue weighted by molar-refractivity contribution is -0.00199. The second kappa shape index (κ2) is 10.9. The summed E-state index contributed by atoms with van der Waals surface area (Å²) in [6.07, 6.45) is 7.86. The Hall–Kier alpha value is -1.10. The summed E-state index contributed by atoms with van der Waals surface area (Å²) in [7, 11) is 0. The van der Waals surface area contributed by atoms with Gasteiger partial charge in [0.05, 0.1) is 23.5 Å². The monoisotopic (exact) mass is 470 g/mol. The molecule has 0 aromatic carbocycles. The molecule has 1 unspecified atom stereocenters. The Labute approximate surface area is 212 Å². The van der Waals surface area contributed by atoms with Crippen molar-refractivity contribution in [1.29, 1.82) is 10.5 Å². The number of hydrogen-bond acceptors (Lipinski definition) is 4. The maximum atomic E-state index is 10.2. The van der Waals surface area contributed by atoms with Gasteiger partial charge in [-0.15, -0.1) is 0 Å². The van der Waals surface area contributed by atoms with Crippen LogP contribution >= 0.6 is 0 Å². The quantitative estimate of drug-likeness (QED) is 0.393. The zero-order chi connectivity index (χ0) is 25.9. The van der Waals surface area contributed by atoms with Crippen molar-refractivity contribution in [2.75, 3.05) is 19.6 Å². The molecule has 1 atom stereocenters. The van der Waals surface area contributed by atoms with Gasteiger partial charge >= 0.3 is 0 Å². The SMILES string of the molecule is CC(C)N(CC(C#N)CC(C)(C)N1CCC(C#N)(C(C)(C)C)CC1)C1CCC(C(C)(C)C)CC1. The van der Waals surface area contributed by atoms with E-state index >= 15 is 0 Å². The summed E-state index contributed by atoms with van der Waals surface area (Å²) in [5.74, 6) is 0.846. The van der Waals surface area contributed by atoms with E-state index < -0.39 is 0 Å². The third kappa shape index (κ3) is 6.77. The number of likely N-dealkylation sites (tertiary alicyclic amines) is 1. The minimum atomic E-state index is -0.242. The summed E-state index contributed by atoms with van der Waals surface area (Å²) >= 11 is 0. The Morgan fingerprint density at radius 1 is 0.912 bits per heavy atom. The number of nitriles is 2. The molecule has 0 radical (unpaired) electrons. The zero-order valence-corrected chi connectivity index (χ0v) is 24.2. The minimum absolute atomic E-state index is 0.00304. The summed E-state index contributed by atoms with van der Waals surface area (Å²) in [6, 6.07) is 6.44. The lowest BCUT2D eigenvalue weighted by Gasteiger charge is -2.50. The predicted octanol–water partition coefficient (Wildman–Crippen LogP) is 7.26. The topological polar surface area (TPSA) is 54.1 Å². The Morgan fingerprint density at radius 3 is 1.82 bits per heavy atom. The molecule has 2 rings (SSSR count). The van der Waals surface area contributed by atoms with Gasteiger partial charge < -0.3 is 0 Å². The van der Waals surface area contributed by atoms with Gasteiger partial charge in [-0.3, -0.25) is 9.80 Å². The van der Waals surface area contributed by atoms with Crippen molar-refractivity contribution in [1.82, 2.24) is 9.80 Å². The fourth-order valence-corrected chi connectivity index (χ4v) is 6.72. The van der Waals surface area contributed by atoms with Gasteiger partial charge in [-0.1, -0.05) is 41.5 Å². The number of piperidine rings is 1. The second-order valence-corrected chi connectivity index (χ2v) is 14.4. The Morgan fingerprint density at radius 2 is 1.44 bits per heavy atom. The van der Waals surface area contributed by atoms with Gasteiger partial charge in [0.2, 0.25) is 0 Å². The van der Waals surface area contributed by atoms with Crippen LogP contribution in [-0.4, -0.2) is 47.1 Å². The highest BCUT2D eigenvalue weighted by Gasteiger charge is 2.46. The molecule has 1 aliphatic heterocycles. The molecule has 34 heavy (non-hydrogen) atoms. The smallest absolute Gasteiger partial charge is 0.0696 e. The Balaban J connectivity index is 2.02. The van der Waals surface area contributed by atoms with E-state index in [1.54, 1.807) is 0 Å². The molecule has 0 spiro atoms. The Bertz CT molecular complexity index is 724. The van der Waals surface area contributed by atoms with Crippen LogP contribution in [0.4, 0.5) is 0 Å². The third-order valence-electron chi connectivity index (χ3n) is 9.54. The zero-order valence-electron chi connectivity index (χ0n) is 24.2. The molecule has 1 saturated carbocycles. The van der Waals surface area contributed by atoms with Crippen molar-refractivity contribution in [3.05, 3.63) is 0 Å². The van der Waals surface area contributed by atoms with E-state index in [2.05, 4.69) is 91.2 Å². The van der Waals surface area contributed by atoms with Gasteiger partial charge in [-0.25, -0.2) is 0 Å². The summed E-state index contributed by atoms with van der Waals surface area (Å²) in [5.41, 5.74) is 0.120. The van der Waals surface area contributed by atoms with Gasteiger partial charge in [-0.2, -0.15) is 10.5 Å². The molecule has 1 saturated heterocycles. The highest BCUT2D eigenvalue weighted by atomic mass is 15.2. The van der Waals surface area contributed by atoms with Gasteiger partial charge in [0.15, 0.2) is 0 Å². The van der Waals surface area contributed by atoms with Crippen molar-refractivity contribution in [3.8, 4) is 12.1 Å². The van der Waals surface area contributed by atoms with E-state index in [1.165, 1.54) is 25.7 Å². The van der Waals surface area contributed by atoms with Crippen molar-refractivity contribution in [2.45, 2.75) is 132 Å². The van der Waals surface area contributed by atoms with E-state index in [0.717, 1.165) is 44.8 Å². The maximum absolute atomic E-state index is 10.2. The first kappa shape index (κ1) is 29.1. The van der Waals surface area contributed by atoms with E-state index in [-0.39, 0.29) is 22.3 Å². The van der Waals surface area contributed by atoms with Crippen LogP contribution in [0.1, 0.15) is 114 Å². The maximum Gasteiger partial charge on any atom is 0.0696 e. The Kier molecular flexibility index (Phi) is 9.33. The highest BCUT2D eigenvalue weighted by molar-refractivity contribution is 5.09. The van der Waals surface area contributed by atoms with Crippen LogP contribution in [0.15, 0.2) is 0 Å². The van der Waals surface area contributed by atoms with Crippen molar-refractivity contribution in [2.24, 2.45) is 28.1 Å². The molecule has 1 heterocycles. The highest BCUT2D eigenvalue weighted by Crippen LogP contribution is 2.47. The first-order valence-corrected chi connectivity index (χ1v) is 13.9. The number of hydrogen-bond donors (Lipinski definition) is 0. The average Bonchev–Trinajstić information content (AvgIpc) is 2.75. The average molecular weight is 471 g/mol. The molecule has 0 bridgehead atoms. The van der Waals surface area contributed by atoms with Crippen LogP contribution in [0, 0.1) is 50.7 Å². The molecular weight excluding hydrogens is 416 g/mol. The standard InChI is InChI=1S/C30H54N4/c1-23(2)34(26-13-11-25(12-14-26)27(3,4)5)21-24(20-31)19-29(9,10)33-17-15-30(22-32,16-18-33)28(6,7)8/h23-26H,11-19,21H2,1-10H3.